The van der Waals surface area contributed by atoms with Crippen molar-refractivity contribution in [1.29, 1.82) is 0 Å². The van der Waals surface area contributed by atoms with Crippen molar-refractivity contribution in [2.24, 2.45) is 5.92 Å². The summed E-state index contributed by atoms with van der Waals surface area (Å²) in [5.41, 5.74) is 0. The average molecular weight is 154 g/mol. The maximum absolute atomic E-state index is 10.9. The highest BCUT2D eigenvalue weighted by molar-refractivity contribution is 6.03. The Bertz CT molecular complexity index is 178. The van der Waals surface area contributed by atoms with Crippen LogP contribution in [0.5, 0.6) is 0 Å². The van der Waals surface area contributed by atoms with E-state index in [9.17, 15) is 9.59 Å². The van der Waals surface area contributed by atoms with E-state index < -0.39 is 0 Å². The van der Waals surface area contributed by atoms with Gasteiger partial charge >= 0.3 is 0 Å². The molecule has 0 N–H and O–H groups in total. The Morgan fingerprint density at radius 2 is 1.91 bits per heavy atom. The number of rotatable bonds is 4. The van der Waals surface area contributed by atoms with Crippen LogP contribution >= 0.6 is 0 Å². The summed E-state index contributed by atoms with van der Waals surface area (Å²) >= 11 is 0. The second kappa shape index (κ2) is 4.83. The SMILES string of the molecule is CC(=O)CC(=O)C=CC(C)C. The molecule has 0 amide bonds. The molecule has 0 spiro atoms. The van der Waals surface area contributed by atoms with Gasteiger partial charge in [0, 0.05) is 0 Å². The van der Waals surface area contributed by atoms with Crippen molar-refractivity contribution >= 4 is 11.6 Å². The van der Waals surface area contributed by atoms with Gasteiger partial charge in [-0.15, -0.1) is 0 Å². The molecule has 0 aromatic heterocycles. The minimum Gasteiger partial charge on any atom is -0.300 e. The van der Waals surface area contributed by atoms with Gasteiger partial charge in [-0.3, -0.25) is 9.59 Å². The molecule has 0 atom stereocenters. The summed E-state index contributed by atoms with van der Waals surface area (Å²) in [7, 11) is 0. The van der Waals surface area contributed by atoms with E-state index in [1.807, 2.05) is 13.8 Å². The Labute approximate surface area is 67.3 Å². The van der Waals surface area contributed by atoms with Crippen molar-refractivity contribution in [3.05, 3.63) is 12.2 Å². The first-order chi connectivity index (χ1) is 5.02. The largest absolute Gasteiger partial charge is 0.300 e. The van der Waals surface area contributed by atoms with Gasteiger partial charge in [-0.05, 0) is 18.9 Å². The summed E-state index contributed by atoms with van der Waals surface area (Å²) < 4.78 is 0. The second-order valence-electron chi connectivity index (χ2n) is 2.95. The van der Waals surface area contributed by atoms with E-state index in [0.717, 1.165) is 0 Å². The molecule has 0 aliphatic carbocycles. The lowest BCUT2D eigenvalue weighted by atomic mass is 10.1. The van der Waals surface area contributed by atoms with Gasteiger partial charge in [-0.25, -0.2) is 0 Å². The van der Waals surface area contributed by atoms with Crippen LogP contribution in [0.1, 0.15) is 27.2 Å². The van der Waals surface area contributed by atoms with Crippen molar-refractivity contribution in [1.82, 2.24) is 0 Å². The van der Waals surface area contributed by atoms with E-state index in [4.69, 9.17) is 0 Å². The molecule has 0 bridgehead atoms. The molecule has 0 saturated carbocycles. The maximum Gasteiger partial charge on any atom is 0.162 e. The van der Waals surface area contributed by atoms with Crippen LogP contribution < -0.4 is 0 Å². The number of hydrogen-bond donors (Lipinski definition) is 0. The first-order valence-corrected chi connectivity index (χ1v) is 3.73. The lowest BCUT2D eigenvalue weighted by Crippen LogP contribution is -2.00. The first kappa shape index (κ1) is 10.1. The van der Waals surface area contributed by atoms with Gasteiger partial charge in [-0.1, -0.05) is 19.9 Å². The topological polar surface area (TPSA) is 34.1 Å². The Hall–Kier alpha value is -0.920. The number of allylic oxidation sites excluding steroid dienone is 2. The summed E-state index contributed by atoms with van der Waals surface area (Å²) in [4.78, 5) is 21.3. The van der Waals surface area contributed by atoms with E-state index in [2.05, 4.69) is 0 Å². The standard InChI is InChI=1S/C9H14O2/c1-7(2)4-5-9(11)6-8(3)10/h4-5,7H,6H2,1-3H3. The molecule has 0 heterocycles. The normalized spacial score (nSPS) is 10.9. The molecule has 62 valence electrons. The predicted octanol–water partition coefficient (Wildman–Crippen LogP) is 1.75. The third-order valence-corrected chi connectivity index (χ3v) is 1.09. The number of Topliss-reactive ketones (excluding diaryl/α,β-unsaturated/α-hetero) is 1. The first-order valence-electron chi connectivity index (χ1n) is 3.73. The molecule has 0 unspecified atom stereocenters. The Morgan fingerprint density at radius 3 is 2.27 bits per heavy atom. The van der Waals surface area contributed by atoms with E-state index in [0.29, 0.717) is 5.92 Å². The van der Waals surface area contributed by atoms with Crippen molar-refractivity contribution < 1.29 is 9.59 Å². The zero-order valence-electron chi connectivity index (χ0n) is 7.26. The van der Waals surface area contributed by atoms with Crippen molar-refractivity contribution in [3.63, 3.8) is 0 Å². The molecule has 0 aromatic carbocycles. The lowest BCUT2D eigenvalue weighted by Gasteiger charge is -1.92. The molecule has 11 heavy (non-hydrogen) atoms. The summed E-state index contributed by atoms with van der Waals surface area (Å²) in [6, 6.07) is 0. The third-order valence-electron chi connectivity index (χ3n) is 1.09. The minimum absolute atomic E-state index is 0.0310. The molecule has 0 fully saturated rings. The Kier molecular flexibility index (Phi) is 4.42. The molecule has 0 saturated heterocycles. The van der Waals surface area contributed by atoms with Gasteiger partial charge in [0.25, 0.3) is 0 Å². The van der Waals surface area contributed by atoms with E-state index >= 15 is 0 Å². The van der Waals surface area contributed by atoms with Gasteiger partial charge < -0.3 is 0 Å². The molecule has 0 rings (SSSR count). The van der Waals surface area contributed by atoms with Crippen LogP contribution in [0.3, 0.4) is 0 Å². The number of hydrogen-bond acceptors (Lipinski definition) is 2. The zero-order chi connectivity index (χ0) is 8.85. The monoisotopic (exact) mass is 154 g/mol. The van der Waals surface area contributed by atoms with Crippen LogP contribution in [0.25, 0.3) is 0 Å². The summed E-state index contributed by atoms with van der Waals surface area (Å²) in [5.74, 6) is 0.181. The fourth-order valence-electron chi connectivity index (χ4n) is 0.604. The van der Waals surface area contributed by atoms with E-state index in [1.54, 1.807) is 6.08 Å². The summed E-state index contributed by atoms with van der Waals surface area (Å²) in [6.45, 7) is 5.39. The molecule has 0 aliphatic heterocycles. The van der Waals surface area contributed by atoms with Crippen LogP contribution in [-0.2, 0) is 9.59 Å². The summed E-state index contributed by atoms with van der Waals surface area (Å²) in [5, 5.41) is 0. The van der Waals surface area contributed by atoms with Gasteiger partial charge in [0.1, 0.15) is 5.78 Å². The van der Waals surface area contributed by atoms with Crippen molar-refractivity contribution in [3.8, 4) is 0 Å². The van der Waals surface area contributed by atoms with Gasteiger partial charge in [0.05, 0.1) is 6.42 Å². The molecular weight excluding hydrogens is 140 g/mol. The zero-order valence-corrected chi connectivity index (χ0v) is 7.26. The van der Waals surface area contributed by atoms with Crippen LogP contribution in [0.2, 0.25) is 0 Å². The number of carbonyl (C=O) groups is 2. The van der Waals surface area contributed by atoms with Crippen LogP contribution in [0.4, 0.5) is 0 Å². The average Bonchev–Trinajstić information content (AvgIpc) is 1.82. The number of carbonyl (C=O) groups excluding carboxylic acids is 2. The van der Waals surface area contributed by atoms with Gasteiger partial charge in [-0.2, -0.15) is 0 Å². The van der Waals surface area contributed by atoms with Crippen LogP contribution in [0.15, 0.2) is 12.2 Å². The fourth-order valence-corrected chi connectivity index (χ4v) is 0.604. The van der Waals surface area contributed by atoms with Crippen molar-refractivity contribution in [2.45, 2.75) is 27.2 Å². The highest BCUT2D eigenvalue weighted by Crippen LogP contribution is 1.95. The predicted molar refractivity (Wildman–Crippen MR) is 44.3 cm³/mol. The van der Waals surface area contributed by atoms with Gasteiger partial charge in [0.2, 0.25) is 0 Å². The van der Waals surface area contributed by atoms with Crippen molar-refractivity contribution in [2.75, 3.05) is 0 Å². The lowest BCUT2D eigenvalue weighted by molar-refractivity contribution is -0.123. The fraction of sp³-hybridized carbons (Fsp3) is 0.556. The van der Waals surface area contributed by atoms with E-state index in [1.165, 1.54) is 13.0 Å². The third kappa shape index (κ3) is 6.97. The smallest absolute Gasteiger partial charge is 0.162 e. The molecule has 0 radical (unpaired) electrons. The molecule has 0 aliphatic rings. The molecular formula is C9H14O2. The quantitative estimate of drug-likeness (QED) is 0.456. The molecule has 0 aromatic rings. The van der Waals surface area contributed by atoms with Gasteiger partial charge in [0.15, 0.2) is 5.78 Å². The molecule has 2 nitrogen and oxygen atoms in total. The second-order valence-corrected chi connectivity index (χ2v) is 2.95. The molecule has 2 heteroatoms. The van der Waals surface area contributed by atoms with E-state index in [-0.39, 0.29) is 18.0 Å². The van der Waals surface area contributed by atoms with Crippen LogP contribution in [-0.4, -0.2) is 11.6 Å². The van der Waals surface area contributed by atoms with Crippen LogP contribution in [0, 0.1) is 5.92 Å². The minimum atomic E-state index is -0.105. The summed E-state index contributed by atoms with van der Waals surface area (Å²) in [6.07, 6.45) is 3.31. The maximum atomic E-state index is 10.9. The highest BCUT2D eigenvalue weighted by Gasteiger charge is 1.99. The Balaban J connectivity index is 3.78. The highest BCUT2D eigenvalue weighted by atomic mass is 16.1. The number of ketones is 2. The Morgan fingerprint density at radius 1 is 1.36 bits per heavy atom.